The minimum atomic E-state index is -1.50. The molecule has 1 saturated carbocycles. The lowest BCUT2D eigenvalue weighted by atomic mass is 9.98. The van der Waals surface area contributed by atoms with Crippen LogP contribution in [0.2, 0.25) is 0 Å². The van der Waals surface area contributed by atoms with Crippen LogP contribution >= 0.6 is 8.60 Å². The third kappa shape index (κ3) is 14.4. The Balaban J connectivity index is 1.45. The quantitative estimate of drug-likeness (QED) is 0.104. The van der Waals surface area contributed by atoms with Gasteiger partial charge >= 0.3 is 8.60 Å². The highest BCUT2D eigenvalue weighted by Gasteiger charge is 2.25. The van der Waals surface area contributed by atoms with Gasteiger partial charge in [-0.2, -0.15) is 0 Å². The second-order valence-corrected chi connectivity index (χ2v) is 12.8. The molecule has 4 heteroatoms. The summed E-state index contributed by atoms with van der Waals surface area (Å²) in [5.74, 6) is 1.67. The topological polar surface area (TPSA) is 27.7 Å². The zero-order chi connectivity index (χ0) is 28.1. The number of rotatable bonds is 22. The minimum Gasteiger partial charge on any atom is -0.418 e. The third-order valence-corrected chi connectivity index (χ3v) is 9.32. The first-order valence-corrected chi connectivity index (χ1v) is 17.9. The molecule has 2 aromatic carbocycles. The molecule has 3 nitrogen and oxygen atoms in total. The molecule has 2 aromatic rings. The van der Waals surface area contributed by atoms with E-state index in [1.807, 2.05) is 0 Å². The van der Waals surface area contributed by atoms with Gasteiger partial charge < -0.3 is 9.05 Å². The molecular formula is C36H57O3P. The largest absolute Gasteiger partial charge is 0.463 e. The number of aryl methyl sites for hydroxylation is 2. The molecule has 0 aromatic heterocycles. The predicted octanol–water partition coefficient (Wildman–Crippen LogP) is 12.3. The average Bonchev–Trinajstić information content (AvgIpc) is 2.98. The molecule has 3 rings (SSSR count). The van der Waals surface area contributed by atoms with Gasteiger partial charge in [0.1, 0.15) is 11.5 Å². The van der Waals surface area contributed by atoms with E-state index < -0.39 is 8.60 Å². The molecule has 0 unspecified atom stereocenters. The van der Waals surface area contributed by atoms with Crippen LogP contribution in [0.5, 0.6) is 11.5 Å². The Morgan fingerprint density at radius 3 is 1.35 bits per heavy atom. The lowest BCUT2D eigenvalue weighted by molar-refractivity contribution is 0.138. The van der Waals surface area contributed by atoms with Crippen LogP contribution < -0.4 is 9.05 Å². The maximum atomic E-state index is 6.42. The van der Waals surface area contributed by atoms with Gasteiger partial charge in [0.25, 0.3) is 0 Å². The van der Waals surface area contributed by atoms with Gasteiger partial charge in [0.2, 0.25) is 0 Å². The fourth-order valence-corrected chi connectivity index (χ4v) is 6.70. The van der Waals surface area contributed by atoms with Crippen molar-refractivity contribution in [2.45, 2.75) is 155 Å². The first kappa shape index (κ1) is 32.9. The molecule has 0 amide bonds. The average molecular weight is 569 g/mol. The van der Waals surface area contributed by atoms with Gasteiger partial charge in [-0.15, -0.1) is 0 Å². The first-order valence-electron chi connectivity index (χ1n) is 16.8. The molecule has 0 atom stereocenters. The lowest BCUT2D eigenvalue weighted by Gasteiger charge is -2.26. The van der Waals surface area contributed by atoms with Gasteiger partial charge in [-0.25, -0.2) is 0 Å². The zero-order valence-corrected chi connectivity index (χ0v) is 26.6. The molecule has 0 heterocycles. The smallest absolute Gasteiger partial charge is 0.418 e. The molecule has 1 aliphatic carbocycles. The van der Waals surface area contributed by atoms with Crippen molar-refractivity contribution < 1.29 is 13.6 Å². The molecular weight excluding hydrogens is 511 g/mol. The summed E-state index contributed by atoms with van der Waals surface area (Å²) in [6.07, 6.45) is 27.3. The molecule has 1 fully saturated rings. The van der Waals surface area contributed by atoms with E-state index >= 15 is 0 Å². The van der Waals surface area contributed by atoms with Crippen molar-refractivity contribution in [3.63, 3.8) is 0 Å². The first-order chi connectivity index (χ1) is 19.8. The second kappa shape index (κ2) is 21.2. The molecule has 224 valence electrons. The van der Waals surface area contributed by atoms with Crippen molar-refractivity contribution in [1.29, 1.82) is 0 Å². The number of hydrogen-bond acceptors (Lipinski definition) is 3. The molecule has 0 saturated heterocycles. The molecule has 0 spiro atoms. The maximum Gasteiger partial charge on any atom is 0.463 e. The summed E-state index contributed by atoms with van der Waals surface area (Å²) in [4.78, 5) is 0. The van der Waals surface area contributed by atoms with Crippen molar-refractivity contribution in [2.24, 2.45) is 0 Å². The van der Waals surface area contributed by atoms with E-state index in [1.165, 1.54) is 120 Å². The van der Waals surface area contributed by atoms with E-state index in [4.69, 9.17) is 13.6 Å². The minimum absolute atomic E-state index is 0.230. The summed E-state index contributed by atoms with van der Waals surface area (Å²) >= 11 is 0. The van der Waals surface area contributed by atoms with Gasteiger partial charge in [-0.1, -0.05) is 134 Å². The van der Waals surface area contributed by atoms with Gasteiger partial charge in [0.05, 0.1) is 6.10 Å². The summed E-state index contributed by atoms with van der Waals surface area (Å²) in [5, 5.41) is 0. The van der Waals surface area contributed by atoms with E-state index in [-0.39, 0.29) is 6.10 Å². The van der Waals surface area contributed by atoms with Crippen LogP contribution in [-0.4, -0.2) is 6.10 Å². The van der Waals surface area contributed by atoms with Gasteiger partial charge in [0.15, 0.2) is 0 Å². The summed E-state index contributed by atoms with van der Waals surface area (Å²) in [5.41, 5.74) is 2.77. The fourth-order valence-electron chi connectivity index (χ4n) is 5.53. The van der Waals surface area contributed by atoms with Crippen molar-refractivity contribution in [3.05, 3.63) is 59.7 Å². The fraction of sp³-hybridized carbons (Fsp3) is 0.667. The van der Waals surface area contributed by atoms with Crippen molar-refractivity contribution in [2.75, 3.05) is 0 Å². The van der Waals surface area contributed by atoms with Gasteiger partial charge in [0, 0.05) is 0 Å². The Labute approximate surface area is 247 Å². The number of hydrogen-bond donors (Lipinski definition) is 0. The lowest BCUT2D eigenvalue weighted by Crippen LogP contribution is -2.16. The third-order valence-electron chi connectivity index (χ3n) is 8.13. The van der Waals surface area contributed by atoms with Crippen LogP contribution in [0.1, 0.15) is 147 Å². The Kier molecular flexibility index (Phi) is 17.4. The molecule has 1 aliphatic rings. The Morgan fingerprint density at radius 1 is 0.525 bits per heavy atom. The van der Waals surface area contributed by atoms with E-state index in [9.17, 15) is 0 Å². The van der Waals surface area contributed by atoms with Crippen LogP contribution in [-0.2, 0) is 17.4 Å². The SMILES string of the molecule is CCCCCCCCCc1ccc(OP(Oc2ccc(CCCCCCCCC)cc2)OC2CCCCC2)cc1. The van der Waals surface area contributed by atoms with E-state index in [2.05, 4.69) is 62.4 Å². The van der Waals surface area contributed by atoms with Crippen LogP contribution in [0.15, 0.2) is 48.5 Å². The summed E-state index contributed by atoms with van der Waals surface area (Å²) in [6.45, 7) is 4.56. The van der Waals surface area contributed by atoms with Crippen molar-refractivity contribution >= 4 is 8.60 Å². The number of benzene rings is 2. The molecule has 0 radical (unpaired) electrons. The Hall–Kier alpha value is -1.57. The second-order valence-electron chi connectivity index (χ2n) is 11.8. The molecule has 0 bridgehead atoms. The molecule has 40 heavy (non-hydrogen) atoms. The summed E-state index contributed by atoms with van der Waals surface area (Å²) in [6, 6.07) is 17.2. The van der Waals surface area contributed by atoms with E-state index in [1.54, 1.807) is 0 Å². The summed E-state index contributed by atoms with van der Waals surface area (Å²) in [7, 11) is -1.50. The van der Waals surface area contributed by atoms with Crippen LogP contribution in [0.3, 0.4) is 0 Å². The maximum absolute atomic E-state index is 6.42. The highest BCUT2D eigenvalue weighted by Crippen LogP contribution is 2.44. The monoisotopic (exact) mass is 568 g/mol. The Bertz CT molecular complexity index is 797. The Morgan fingerprint density at radius 2 is 0.925 bits per heavy atom. The summed E-state index contributed by atoms with van der Waals surface area (Å²) < 4.78 is 19.1. The van der Waals surface area contributed by atoms with E-state index in [0.29, 0.717) is 0 Å². The molecule has 0 aliphatic heterocycles. The highest BCUT2D eigenvalue weighted by molar-refractivity contribution is 7.42. The normalized spacial score (nSPS) is 14.1. The van der Waals surface area contributed by atoms with E-state index in [0.717, 1.165) is 37.2 Å². The van der Waals surface area contributed by atoms with Crippen LogP contribution in [0, 0.1) is 0 Å². The van der Waals surface area contributed by atoms with Crippen LogP contribution in [0.25, 0.3) is 0 Å². The van der Waals surface area contributed by atoms with Crippen molar-refractivity contribution in [1.82, 2.24) is 0 Å². The zero-order valence-electron chi connectivity index (χ0n) is 25.7. The van der Waals surface area contributed by atoms with Gasteiger partial charge in [-0.3, -0.25) is 4.52 Å². The van der Waals surface area contributed by atoms with Crippen LogP contribution in [0.4, 0.5) is 0 Å². The van der Waals surface area contributed by atoms with Gasteiger partial charge in [-0.05, 0) is 73.9 Å². The highest BCUT2D eigenvalue weighted by atomic mass is 31.2. The standard InChI is InChI=1S/C36H57O3P/c1-3-5-7-9-11-13-16-20-32-24-28-35(29-25-32)38-40(37-34-22-18-15-19-23-34)39-36-30-26-33(27-31-36)21-17-14-12-10-8-6-4-2/h24-31,34H,3-23H2,1-2H3. The number of unbranched alkanes of at least 4 members (excludes halogenated alkanes) is 12. The molecule has 0 N–H and O–H groups in total. The predicted molar refractivity (Wildman–Crippen MR) is 172 cm³/mol. The van der Waals surface area contributed by atoms with Crippen molar-refractivity contribution in [3.8, 4) is 11.5 Å².